The van der Waals surface area contributed by atoms with Gasteiger partial charge in [0.1, 0.15) is 0 Å². The zero-order chi connectivity index (χ0) is 11.8. The Balaban J connectivity index is 1.81. The third-order valence-electron chi connectivity index (χ3n) is 3.48. The van der Waals surface area contributed by atoms with Gasteiger partial charge in [0.25, 0.3) is 0 Å². The molecule has 92 valence electrons. The molecule has 16 heavy (non-hydrogen) atoms. The summed E-state index contributed by atoms with van der Waals surface area (Å²) in [6, 6.07) is 0. The van der Waals surface area contributed by atoms with E-state index in [1.165, 1.54) is 0 Å². The van der Waals surface area contributed by atoms with Gasteiger partial charge in [-0.3, -0.25) is 4.79 Å². The zero-order valence-electron chi connectivity index (χ0n) is 9.04. The number of rotatable bonds is 4. The normalized spacial score (nSPS) is 29.9. The van der Waals surface area contributed by atoms with Crippen molar-refractivity contribution in [2.75, 3.05) is 23.9 Å². The van der Waals surface area contributed by atoms with Crippen LogP contribution in [-0.2, 0) is 14.6 Å². The zero-order valence-corrected chi connectivity index (χ0v) is 10.6. The van der Waals surface area contributed by atoms with Gasteiger partial charge in [0.05, 0.1) is 17.4 Å². The number of nitrogens with one attached hydrogen (secondary N) is 1. The average molecular weight is 266 g/mol. The first-order valence-electron chi connectivity index (χ1n) is 5.51. The molecule has 1 saturated carbocycles. The van der Waals surface area contributed by atoms with E-state index in [1.54, 1.807) is 0 Å². The molecule has 1 heterocycles. The van der Waals surface area contributed by atoms with E-state index < -0.39 is 9.84 Å². The highest BCUT2D eigenvalue weighted by Gasteiger charge is 2.42. The Hall–Kier alpha value is -0.290. The summed E-state index contributed by atoms with van der Waals surface area (Å²) in [4.78, 5) is 11.7. The van der Waals surface area contributed by atoms with Crippen molar-refractivity contribution >= 4 is 27.3 Å². The van der Waals surface area contributed by atoms with Crippen LogP contribution in [0.1, 0.15) is 19.3 Å². The highest BCUT2D eigenvalue weighted by Crippen LogP contribution is 2.45. The van der Waals surface area contributed by atoms with Crippen molar-refractivity contribution in [3.8, 4) is 0 Å². The molecular weight excluding hydrogens is 250 g/mol. The molecular formula is C10H16ClNO3S. The number of amides is 1. The molecule has 0 spiro atoms. The summed E-state index contributed by atoms with van der Waals surface area (Å²) in [5.74, 6) is 0.239. The van der Waals surface area contributed by atoms with Crippen LogP contribution in [-0.4, -0.2) is 38.3 Å². The van der Waals surface area contributed by atoms with Crippen molar-refractivity contribution in [3.63, 3.8) is 0 Å². The first kappa shape index (κ1) is 12.2. The number of hydrogen-bond acceptors (Lipinski definition) is 3. The number of alkyl halides is 1. The van der Waals surface area contributed by atoms with Crippen LogP contribution in [0.3, 0.4) is 0 Å². The Bertz CT molecular complexity index is 389. The summed E-state index contributed by atoms with van der Waals surface area (Å²) in [6.45, 7) is 0.589. The van der Waals surface area contributed by atoms with Crippen molar-refractivity contribution in [3.05, 3.63) is 0 Å². The Labute approximate surface area is 101 Å². The van der Waals surface area contributed by atoms with Gasteiger partial charge >= 0.3 is 0 Å². The maximum absolute atomic E-state index is 11.7. The predicted octanol–water partition coefficient (Wildman–Crippen LogP) is 0.556. The molecule has 2 aliphatic rings. The van der Waals surface area contributed by atoms with E-state index in [0.717, 1.165) is 12.8 Å². The van der Waals surface area contributed by atoms with Crippen LogP contribution in [0.4, 0.5) is 0 Å². The van der Waals surface area contributed by atoms with Gasteiger partial charge in [-0.05, 0) is 19.3 Å². The third kappa shape index (κ3) is 2.69. The summed E-state index contributed by atoms with van der Waals surface area (Å²) < 4.78 is 22.4. The first-order valence-corrected chi connectivity index (χ1v) is 7.86. The van der Waals surface area contributed by atoms with E-state index in [9.17, 15) is 13.2 Å². The lowest BCUT2D eigenvalue weighted by molar-refractivity contribution is -0.124. The summed E-state index contributed by atoms with van der Waals surface area (Å²) in [6.07, 6.45) is 2.57. The first-order chi connectivity index (χ1) is 7.46. The SMILES string of the molecule is O=C(NCC1(CCl)CC1)C1CCS(=O)(=O)C1. The summed E-state index contributed by atoms with van der Waals surface area (Å²) in [5, 5.41) is 2.83. The minimum absolute atomic E-state index is 0.00666. The second-order valence-corrected chi connectivity index (χ2v) is 7.45. The van der Waals surface area contributed by atoms with Gasteiger partial charge in [-0.2, -0.15) is 0 Å². The monoisotopic (exact) mass is 265 g/mol. The van der Waals surface area contributed by atoms with Gasteiger partial charge in [0.15, 0.2) is 9.84 Å². The number of halogens is 1. The molecule has 0 aromatic carbocycles. The third-order valence-corrected chi connectivity index (χ3v) is 5.82. The maximum Gasteiger partial charge on any atom is 0.224 e. The number of sulfone groups is 1. The van der Waals surface area contributed by atoms with Crippen molar-refractivity contribution < 1.29 is 13.2 Å². The molecule has 1 N–H and O–H groups in total. The Morgan fingerprint density at radius 1 is 1.44 bits per heavy atom. The molecule has 1 saturated heterocycles. The van der Waals surface area contributed by atoms with Crippen molar-refractivity contribution in [2.24, 2.45) is 11.3 Å². The average Bonchev–Trinajstić information content (AvgIpc) is 2.93. The van der Waals surface area contributed by atoms with Crippen LogP contribution in [0.15, 0.2) is 0 Å². The molecule has 1 atom stereocenters. The minimum Gasteiger partial charge on any atom is -0.355 e. The summed E-state index contributed by atoms with van der Waals surface area (Å²) in [7, 11) is -2.97. The molecule has 2 fully saturated rings. The fourth-order valence-electron chi connectivity index (χ4n) is 1.96. The largest absolute Gasteiger partial charge is 0.355 e. The lowest BCUT2D eigenvalue weighted by atomic mass is 10.1. The second kappa shape index (κ2) is 4.18. The quantitative estimate of drug-likeness (QED) is 0.756. The van der Waals surface area contributed by atoms with E-state index in [0.29, 0.717) is 18.8 Å². The Morgan fingerprint density at radius 2 is 2.12 bits per heavy atom. The van der Waals surface area contributed by atoms with E-state index in [2.05, 4.69) is 5.32 Å². The van der Waals surface area contributed by atoms with Gasteiger partial charge in [-0.25, -0.2) is 8.42 Å². The topological polar surface area (TPSA) is 63.2 Å². The standard InChI is InChI=1S/C10H16ClNO3S/c11-6-10(2-3-10)7-12-9(13)8-1-4-16(14,15)5-8/h8H,1-7H2,(H,12,13). The van der Waals surface area contributed by atoms with Gasteiger partial charge in [-0.1, -0.05) is 0 Å². The molecule has 1 aliphatic carbocycles. The van der Waals surface area contributed by atoms with Crippen LogP contribution in [0.2, 0.25) is 0 Å². The molecule has 1 aliphatic heterocycles. The van der Waals surface area contributed by atoms with E-state index in [1.807, 2.05) is 0 Å². The molecule has 0 radical (unpaired) electrons. The van der Waals surface area contributed by atoms with Crippen LogP contribution in [0.5, 0.6) is 0 Å². The molecule has 1 unspecified atom stereocenters. The summed E-state index contributed by atoms with van der Waals surface area (Å²) in [5.41, 5.74) is 0.0920. The highest BCUT2D eigenvalue weighted by atomic mass is 35.5. The van der Waals surface area contributed by atoms with E-state index in [4.69, 9.17) is 11.6 Å². The summed E-state index contributed by atoms with van der Waals surface area (Å²) >= 11 is 5.80. The molecule has 1 amide bonds. The van der Waals surface area contributed by atoms with E-state index >= 15 is 0 Å². The maximum atomic E-state index is 11.7. The van der Waals surface area contributed by atoms with Gasteiger partial charge < -0.3 is 5.32 Å². The fourth-order valence-corrected chi connectivity index (χ4v) is 4.06. The molecule has 0 bridgehead atoms. The molecule has 2 rings (SSSR count). The van der Waals surface area contributed by atoms with Crippen molar-refractivity contribution in [1.29, 1.82) is 0 Å². The highest BCUT2D eigenvalue weighted by molar-refractivity contribution is 7.91. The molecule has 0 aromatic heterocycles. The van der Waals surface area contributed by atoms with Crippen LogP contribution < -0.4 is 5.32 Å². The number of carbonyl (C=O) groups is 1. The van der Waals surface area contributed by atoms with Crippen LogP contribution in [0, 0.1) is 11.3 Å². The van der Waals surface area contributed by atoms with Gasteiger partial charge in [0.2, 0.25) is 5.91 Å². The lowest BCUT2D eigenvalue weighted by Gasteiger charge is -2.14. The second-order valence-electron chi connectivity index (χ2n) is 4.95. The van der Waals surface area contributed by atoms with E-state index in [-0.39, 0.29) is 28.7 Å². The number of carbonyl (C=O) groups excluding carboxylic acids is 1. The molecule has 6 heteroatoms. The fraction of sp³-hybridized carbons (Fsp3) is 0.900. The molecule has 0 aromatic rings. The van der Waals surface area contributed by atoms with Crippen LogP contribution >= 0.6 is 11.6 Å². The number of hydrogen-bond donors (Lipinski definition) is 1. The minimum atomic E-state index is -2.97. The Kier molecular flexibility index (Phi) is 3.18. The van der Waals surface area contributed by atoms with Crippen molar-refractivity contribution in [2.45, 2.75) is 19.3 Å². The predicted molar refractivity (Wildman–Crippen MR) is 62.2 cm³/mol. The van der Waals surface area contributed by atoms with Crippen LogP contribution in [0.25, 0.3) is 0 Å². The Morgan fingerprint density at radius 3 is 2.56 bits per heavy atom. The smallest absolute Gasteiger partial charge is 0.224 e. The lowest BCUT2D eigenvalue weighted by Crippen LogP contribution is -2.36. The van der Waals surface area contributed by atoms with Gasteiger partial charge in [0, 0.05) is 17.8 Å². The van der Waals surface area contributed by atoms with Crippen molar-refractivity contribution in [1.82, 2.24) is 5.32 Å². The van der Waals surface area contributed by atoms with Gasteiger partial charge in [-0.15, -0.1) is 11.6 Å². The molecule has 4 nitrogen and oxygen atoms in total.